The van der Waals surface area contributed by atoms with E-state index in [2.05, 4.69) is 12.1 Å². The van der Waals surface area contributed by atoms with E-state index in [1.165, 1.54) is 5.56 Å². The second kappa shape index (κ2) is 7.75. The van der Waals surface area contributed by atoms with Crippen molar-refractivity contribution in [3.8, 4) is 0 Å². The first-order chi connectivity index (χ1) is 11.3. The average molecular weight is 308 g/mol. The predicted molar refractivity (Wildman–Crippen MR) is 89.0 cm³/mol. The molecule has 2 aromatic rings. The third kappa shape index (κ3) is 4.54. The molecule has 0 amide bonds. The predicted octanol–water partition coefficient (Wildman–Crippen LogP) is 4.15. The molecule has 0 bridgehead atoms. The topological polar surface area (TPSA) is 35.5 Å². The molecule has 0 unspecified atom stereocenters. The van der Waals surface area contributed by atoms with E-state index < -0.39 is 0 Å². The Balaban J connectivity index is 1.47. The summed E-state index contributed by atoms with van der Waals surface area (Å²) in [5.74, 6) is -0.274. The zero-order valence-electron chi connectivity index (χ0n) is 12.9. The molecule has 3 rings (SSSR count). The van der Waals surface area contributed by atoms with Crippen molar-refractivity contribution < 1.29 is 14.3 Å². The molecule has 0 heterocycles. The molecule has 0 saturated heterocycles. The highest BCUT2D eigenvalue weighted by Gasteiger charge is 2.20. The third-order valence-corrected chi connectivity index (χ3v) is 3.85. The van der Waals surface area contributed by atoms with Gasteiger partial charge in [-0.2, -0.15) is 0 Å². The molecular formula is C20H20O3. The molecule has 0 fully saturated rings. The van der Waals surface area contributed by atoms with Crippen LogP contribution in [-0.4, -0.2) is 18.2 Å². The van der Waals surface area contributed by atoms with E-state index in [1.54, 1.807) is 12.1 Å². The van der Waals surface area contributed by atoms with Gasteiger partial charge in [-0.05, 0) is 36.6 Å². The summed E-state index contributed by atoms with van der Waals surface area (Å²) in [6, 6.07) is 19.2. The summed E-state index contributed by atoms with van der Waals surface area (Å²) in [7, 11) is 0. The second-order valence-corrected chi connectivity index (χ2v) is 5.61. The number of ether oxygens (including phenoxy) is 2. The summed E-state index contributed by atoms with van der Waals surface area (Å²) in [6.45, 7) is 0.602. The molecule has 2 aromatic carbocycles. The lowest BCUT2D eigenvalue weighted by molar-refractivity contribution is 0.0226. The molecule has 118 valence electrons. The fraction of sp³-hybridized carbons (Fsp3) is 0.250. The zero-order valence-corrected chi connectivity index (χ0v) is 12.9. The molecule has 0 spiro atoms. The summed E-state index contributed by atoms with van der Waals surface area (Å²) >= 11 is 0. The van der Waals surface area contributed by atoms with Crippen LogP contribution in [0.25, 0.3) is 0 Å². The van der Waals surface area contributed by atoms with Crippen molar-refractivity contribution in [2.24, 2.45) is 0 Å². The number of benzene rings is 2. The Morgan fingerprint density at radius 2 is 1.48 bits per heavy atom. The first-order valence-electron chi connectivity index (χ1n) is 7.91. The van der Waals surface area contributed by atoms with Gasteiger partial charge in [0.05, 0.1) is 18.3 Å². The van der Waals surface area contributed by atoms with Crippen molar-refractivity contribution in [1.82, 2.24) is 0 Å². The lowest BCUT2D eigenvalue weighted by atomic mass is 10.0. The summed E-state index contributed by atoms with van der Waals surface area (Å²) in [5, 5.41) is 0. The van der Waals surface area contributed by atoms with E-state index in [0.717, 1.165) is 12.8 Å². The molecule has 0 saturated carbocycles. The molecule has 23 heavy (non-hydrogen) atoms. The maximum absolute atomic E-state index is 12.0. The highest BCUT2D eigenvalue weighted by molar-refractivity contribution is 5.89. The number of rotatable bonds is 5. The summed E-state index contributed by atoms with van der Waals surface area (Å²) in [5.41, 5.74) is 1.75. The van der Waals surface area contributed by atoms with Gasteiger partial charge in [-0.3, -0.25) is 0 Å². The van der Waals surface area contributed by atoms with Crippen LogP contribution in [0.2, 0.25) is 0 Å². The van der Waals surface area contributed by atoms with Crippen LogP contribution < -0.4 is 0 Å². The lowest BCUT2D eigenvalue weighted by Crippen LogP contribution is -2.23. The van der Waals surface area contributed by atoms with Gasteiger partial charge >= 0.3 is 5.97 Å². The van der Waals surface area contributed by atoms with Gasteiger partial charge in [0, 0.05) is 0 Å². The van der Waals surface area contributed by atoms with Gasteiger partial charge < -0.3 is 9.47 Å². The minimum atomic E-state index is -0.274. The standard InChI is InChI=1S/C20H20O3/c21-20(17-9-5-2-6-10-17)23-19-13-11-18(12-14-19)22-15-16-7-3-1-4-8-16/h1-11,13,18-19H,12,14-15H2/t18-,19-/m1/s1. The normalized spacial score (nSPS) is 20.2. The van der Waals surface area contributed by atoms with Gasteiger partial charge in [-0.1, -0.05) is 54.6 Å². The van der Waals surface area contributed by atoms with Crippen molar-refractivity contribution in [3.63, 3.8) is 0 Å². The van der Waals surface area contributed by atoms with Gasteiger partial charge in [0.15, 0.2) is 0 Å². The number of hydrogen-bond donors (Lipinski definition) is 0. The number of carbonyl (C=O) groups excluding carboxylic acids is 1. The number of carbonyl (C=O) groups is 1. The Kier molecular flexibility index (Phi) is 5.22. The van der Waals surface area contributed by atoms with Crippen LogP contribution in [0.1, 0.15) is 28.8 Å². The summed E-state index contributed by atoms with van der Waals surface area (Å²) in [4.78, 5) is 12.0. The van der Waals surface area contributed by atoms with Crippen LogP contribution in [0, 0.1) is 0 Å². The van der Waals surface area contributed by atoms with Gasteiger partial charge in [0.1, 0.15) is 6.10 Å². The minimum absolute atomic E-state index is 0.0851. The van der Waals surface area contributed by atoms with E-state index >= 15 is 0 Å². The van der Waals surface area contributed by atoms with E-state index in [0.29, 0.717) is 12.2 Å². The molecule has 0 aromatic heterocycles. The average Bonchev–Trinajstić information content (AvgIpc) is 2.63. The molecule has 3 nitrogen and oxygen atoms in total. The molecule has 0 radical (unpaired) electrons. The lowest BCUT2D eigenvalue weighted by Gasteiger charge is -2.23. The van der Waals surface area contributed by atoms with Gasteiger partial charge in [0.2, 0.25) is 0 Å². The highest BCUT2D eigenvalue weighted by Crippen LogP contribution is 2.19. The van der Waals surface area contributed by atoms with Crippen LogP contribution in [0.5, 0.6) is 0 Å². The maximum Gasteiger partial charge on any atom is 0.338 e. The minimum Gasteiger partial charge on any atom is -0.455 e. The SMILES string of the molecule is O=C(O[C@@H]1C=C[C@@H](OCc2ccccc2)CC1)c1ccccc1. The van der Waals surface area contributed by atoms with Crippen LogP contribution in [0.3, 0.4) is 0 Å². The monoisotopic (exact) mass is 308 g/mol. The molecule has 2 atom stereocenters. The Hall–Kier alpha value is -2.39. The van der Waals surface area contributed by atoms with Crippen LogP contribution in [0.4, 0.5) is 0 Å². The smallest absolute Gasteiger partial charge is 0.338 e. The Bertz CT molecular complexity index is 649. The molecule has 0 N–H and O–H groups in total. The Morgan fingerprint density at radius 3 is 2.13 bits per heavy atom. The van der Waals surface area contributed by atoms with Gasteiger partial charge in [0.25, 0.3) is 0 Å². The molecular weight excluding hydrogens is 288 g/mol. The maximum atomic E-state index is 12.0. The van der Waals surface area contributed by atoms with Crippen molar-refractivity contribution in [2.45, 2.75) is 31.7 Å². The van der Waals surface area contributed by atoms with Crippen molar-refractivity contribution >= 4 is 5.97 Å². The quantitative estimate of drug-likeness (QED) is 0.615. The van der Waals surface area contributed by atoms with Crippen LogP contribution >= 0.6 is 0 Å². The number of esters is 1. The number of hydrogen-bond acceptors (Lipinski definition) is 3. The largest absolute Gasteiger partial charge is 0.455 e. The van der Waals surface area contributed by atoms with Crippen molar-refractivity contribution in [2.75, 3.05) is 0 Å². The molecule has 0 aliphatic heterocycles. The molecule has 1 aliphatic rings. The van der Waals surface area contributed by atoms with E-state index in [1.807, 2.05) is 48.6 Å². The van der Waals surface area contributed by atoms with E-state index in [-0.39, 0.29) is 18.2 Å². The third-order valence-electron chi connectivity index (χ3n) is 3.85. The van der Waals surface area contributed by atoms with Gasteiger partial charge in [-0.15, -0.1) is 0 Å². The van der Waals surface area contributed by atoms with Crippen LogP contribution in [-0.2, 0) is 16.1 Å². The fourth-order valence-electron chi connectivity index (χ4n) is 2.56. The second-order valence-electron chi connectivity index (χ2n) is 5.61. The zero-order chi connectivity index (χ0) is 15.9. The molecule has 3 heteroatoms. The van der Waals surface area contributed by atoms with Crippen molar-refractivity contribution in [3.05, 3.63) is 83.9 Å². The van der Waals surface area contributed by atoms with E-state index in [4.69, 9.17) is 9.47 Å². The van der Waals surface area contributed by atoms with Gasteiger partial charge in [-0.25, -0.2) is 4.79 Å². The fourth-order valence-corrected chi connectivity index (χ4v) is 2.56. The summed E-state index contributed by atoms with van der Waals surface area (Å²) < 4.78 is 11.4. The van der Waals surface area contributed by atoms with Crippen molar-refractivity contribution in [1.29, 1.82) is 0 Å². The first kappa shape index (κ1) is 15.5. The first-order valence-corrected chi connectivity index (χ1v) is 7.91. The van der Waals surface area contributed by atoms with Crippen LogP contribution in [0.15, 0.2) is 72.8 Å². The Morgan fingerprint density at radius 1 is 0.870 bits per heavy atom. The highest BCUT2D eigenvalue weighted by atomic mass is 16.5. The molecule has 1 aliphatic carbocycles. The summed E-state index contributed by atoms with van der Waals surface area (Å²) in [6.07, 6.45) is 5.49. The Labute approximate surface area is 136 Å². The van der Waals surface area contributed by atoms with E-state index in [9.17, 15) is 4.79 Å².